The summed E-state index contributed by atoms with van der Waals surface area (Å²) in [5.41, 5.74) is 1.23. The van der Waals surface area contributed by atoms with E-state index in [1.165, 1.54) is 28.7 Å². The van der Waals surface area contributed by atoms with Crippen molar-refractivity contribution in [2.75, 3.05) is 18.4 Å². The molecule has 136 valence electrons. The number of anilines is 1. The first-order valence-corrected chi connectivity index (χ1v) is 10.2. The number of thioether (sulfide) groups is 1. The molecule has 1 aromatic heterocycles. The zero-order valence-corrected chi connectivity index (χ0v) is 16.8. The largest absolute Gasteiger partial charge is 0.360 e. The summed E-state index contributed by atoms with van der Waals surface area (Å²) in [7, 11) is 0. The fourth-order valence-corrected chi connectivity index (χ4v) is 4.05. The van der Waals surface area contributed by atoms with Gasteiger partial charge >= 0.3 is 0 Å². The van der Waals surface area contributed by atoms with Crippen molar-refractivity contribution in [3.8, 4) is 0 Å². The molecule has 0 saturated carbocycles. The van der Waals surface area contributed by atoms with E-state index >= 15 is 0 Å². The highest BCUT2D eigenvalue weighted by atomic mass is 32.2. The van der Waals surface area contributed by atoms with E-state index in [-0.39, 0.29) is 17.1 Å². The van der Waals surface area contributed by atoms with Crippen LogP contribution in [0.5, 0.6) is 0 Å². The zero-order chi connectivity index (χ0) is 18.2. The minimum atomic E-state index is -0.200. The molecule has 1 aromatic carbocycles. The Morgan fingerprint density at radius 2 is 1.84 bits per heavy atom. The van der Waals surface area contributed by atoms with E-state index in [4.69, 9.17) is 0 Å². The summed E-state index contributed by atoms with van der Waals surface area (Å²) < 4.78 is 0.810. The predicted molar refractivity (Wildman–Crippen MR) is 106 cm³/mol. The van der Waals surface area contributed by atoms with E-state index in [2.05, 4.69) is 53.7 Å². The molecular formula is C18H26N4OS2. The van der Waals surface area contributed by atoms with Crippen molar-refractivity contribution in [3.05, 3.63) is 35.9 Å². The van der Waals surface area contributed by atoms with Gasteiger partial charge in [0, 0.05) is 13.1 Å². The van der Waals surface area contributed by atoms with Crippen LogP contribution in [0.15, 0.2) is 34.7 Å². The third-order valence-electron chi connectivity index (χ3n) is 3.67. The average molecular weight is 379 g/mol. The van der Waals surface area contributed by atoms with Crippen LogP contribution in [0.4, 0.5) is 5.13 Å². The Kier molecular flexibility index (Phi) is 7.71. The van der Waals surface area contributed by atoms with Crippen LogP contribution in [0.2, 0.25) is 0 Å². The molecule has 1 amide bonds. The lowest BCUT2D eigenvalue weighted by Crippen LogP contribution is -2.33. The van der Waals surface area contributed by atoms with Crippen LogP contribution >= 0.6 is 23.1 Å². The van der Waals surface area contributed by atoms with Gasteiger partial charge in [0.25, 0.3) is 0 Å². The van der Waals surface area contributed by atoms with Gasteiger partial charge in [-0.25, -0.2) is 0 Å². The van der Waals surface area contributed by atoms with Crippen LogP contribution in [0.25, 0.3) is 0 Å². The Labute approximate surface area is 158 Å². The molecule has 25 heavy (non-hydrogen) atoms. The summed E-state index contributed by atoms with van der Waals surface area (Å²) in [4.78, 5) is 12.3. The number of hydrogen-bond acceptors (Lipinski definition) is 6. The number of amides is 1. The molecule has 0 fully saturated rings. The summed E-state index contributed by atoms with van der Waals surface area (Å²) in [5, 5.41) is 15.2. The van der Waals surface area contributed by atoms with Gasteiger partial charge in [-0.3, -0.25) is 4.79 Å². The lowest BCUT2D eigenvalue weighted by molar-refractivity contribution is -0.120. The maximum Gasteiger partial charge on any atom is 0.233 e. The second-order valence-corrected chi connectivity index (χ2v) is 9.03. The quantitative estimate of drug-likeness (QED) is 0.646. The van der Waals surface area contributed by atoms with E-state index in [1.54, 1.807) is 0 Å². The molecule has 0 spiro atoms. The standard InChI is InChI=1S/C18H26N4OS2/c1-12(2)10-20-17-21-22-18(25-17)24-14(4)16(23)19-11-13(3)15-8-6-5-7-9-15/h5-9,12-14H,10-11H2,1-4H3,(H,19,23)(H,20,21). The summed E-state index contributed by atoms with van der Waals surface area (Å²) in [5.74, 6) is 0.867. The number of aromatic nitrogens is 2. The minimum Gasteiger partial charge on any atom is -0.360 e. The molecular weight excluding hydrogens is 352 g/mol. The molecule has 0 bridgehead atoms. The van der Waals surface area contributed by atoms with Crippen LogP contribution in [-0.2, 0) is 4.79 Å². The van der Waals surface area contributed by atoms with Gasteiger partial charge in [0.1, 0.15) is 0 Å². The first-order chi connectivity index (χ1) is 12.0. The maximum atomic E-state index is 12.3. The molecule has 0 aliphatic heterocycles. The Morgan fingerprint density at radius 1 is 1.12 bits per heavy atom. The second-order valence-electron chi connectivity index (χ2n) is 6.46. The lowest BCUT2D eigenvalue weighted by Gasteiger charge is -2.15. The highest BCUT2D eigenvalue weighted by Crippen LogP contribution is 2.29. The van der Waals surface area contributed by atoms with Gasteiger partial charge in [-0.15, -0.1) is 10.2 Å². The van der Waals surface area contributed by atoms with Crippen LogP contribution in [0, 0.1) is 5.92 Å². The van der Waals surface area contributed by atoms with Crippen molar-refractivity contribution in [2.45, 2.75) is 43.2 Å². The molecule has 2 atom stereocenters. The van der Waals surface area contributed by atoms with Crippen LogP contribution in [-0.4, -0.2) is 34.4 Å². The average Bonchev–Trinajstić information content (AvgIpc) is 3.05. The van der Waals surface area contributed by atoms with Gasteiger partial charge in [0.15, 0.2) is 4.34 Å². The summed E-state index contributed by atoms with van der Waals surface area (Å²) in [6, 6.07) is 10.2. The summed E-state index contributed by atoms with van der Waals surface area (Å²) >= 11 is 2.94. The Morgan fingerprint density at radius 3 is 2.52 bits per heavy atom. The van der Waals surface area contributed by atoms with Crippen LogP contribution in [0.3, 0.4) is 0 Å². The number of carbonyl (C=O) groups is 1. The van der Waals surface area contributed by atoms with E-state index in [9.17, 15) is 4.79 Å². The Hall–Kier alpha value is -1.60. The van der Waals surface area contributed by atoms with E-state index < -0.39 is 0 Å². The van der Waals surface area contributed by atoms with E-state index in [0.717, 1.165) is 16.0 Å². The van der Waals surface area contributed by atoms with Crippen LogP contribution < -0.4 is 10.6 Å². The third-order valence-corrected chi connectivity index (χ3v) is 5.73. The number of nitrogens with zero attached hydrogens (tertiary/aromatic N) is 2. The van der Waals surface area contributed by atoms with Gasteiger partial charge in [-0.05, 0) is 24.3 Å². The molecule has 5 nitrogen and oxygen atoms in total. The highest BCUT2D eigenvalue weighted by molar-refractivity contribution is 8.02. The first-order valence-electron chi connectivity index (χ1n) is 8.52. The fourth-order valence-electron chi connectivity index (χ4n) is 2.12. The molecule has 0 aliphatic rings. The van der Waals surface area contributed by atoms with Gasteiger partial charge in [-0.1, -0.05) is 74.2 Å². The Balaban J connectivity index is 1.78. The van der Waals surface area contributed by atoms with Crippen molar-refractivity contribution in [3.63, 3.8) is 0 Å². The number of hydrogen-bond donors (Lipinski definition) is 2. The zero-order valence-electron chi connectivity index (χ0n) is 15.2. The summed E-state index contributed by atoms with van der Waals surface area (Å²) in [6.45, 7) is 9.80. The number of carbonyl (C=O) groups excluding carboxylic acids is 1. The topological polar surface area (TPSA) is 66.9 Å². The molecule has 2 rings (SSSR count). The number of benzene rings is 1. The molecule has 2 aromatic rings. The normalized spacial score (nSPS) is 13.5. The summed E-state index contributed by atoms with van der Waals surface area (Å²) in [6.07, 6.45) is 0. The molecule has 2 unspecified atom stereocenters. The smallest absolute Gasteiger partial charge is 0.233 e. The van der Waals surface area contributed by atoms with Crippen molar-refractivity contribution in [1.29, 1.82) is 0 Å². The van der Waals surface area contributed by atoms with E-state index in [1.807, 2.05) is 25.1 Å². The minimum absolute atomic E-state index is 0.0275. The monoisotopic (exact) mass is 378 g/mol. The molecule has 0 aliphatic carbocycles. The van der Waals surface area contributed by atoms with E-state index in [0.29, 0.717) is 12.5 Å². The molecule has 2 N–H and O–H groups in total. The van der Waals surface area contributed by atoms with Gasteiger partial charge in [0.05, 0.1) is 5.25 Å². The number of rotatable bonds is 9. The van der Waals surface area contributed by atoms with Crippen molar-refractivity contribution >= 4 is 34.1 Å². The van der Waals surface area contributed by atoms with Crippen molar-refractivity contribution < 1.29 is 4.79 Å². The van der Waals surface area contributed by atoms with Crippen LogP contribution in [0.1, 0.15) is 39.2 Å². The SMILES string of the molecule is CC(C)CNc1nnc(SC(C)C(=O)NCC(C)c2ccccc2)s1. The fraction of sp³-hybridized carbons (Fsp3) is 0.500. The maximum absolute atomic E-state index is 12.3. The lowest BCUT2D eigenvalue weighted by atomic mass is 10.0. The van der Waals surface area contributed by atoms with Gasteiger partial charge in [0.2, 0.25) is 11.0 Å². The van der Waals surface area contributed by atoms with Crippen molar-refractivity contribution in [1.82, 2.24) is 15.5 Å². The number of nitrogens with one attached hydrogen (secondary N) is 2. The molecule has 0 radical (unpaired) electrons. The molecule has 0 saturated heterocycles. The first kappa shape index (κ1) is 19.7. The van der Waals surface area contributed by atoms with Gasteiger partial charge in [-0.2, -0.15) is 0 Å². The molecule has 1 heterocycles. The Bertz CT molecular complexity index is 660. The highest BCUT2D eigenvalue weighted by Gasteiger charge is 2.18. The predicted octanol–water partition coefficient (Wildman–Crippen LogP) is 4.01. The third kappa shape index (κ3) is 6.66. The van der Waals surface area contributed by atoms with Gasteiger partial charge < -0.3 is 10.6 Å². The molecule has 7 heteroatoms. The van der Waals surface area contributed by atoms with Crippen molar-refractivity contribution in [2.24, 2.45) is 5.92 Å². The second kappa shape index (κ2) is 9.77.